The zero-order valence-electron chi connectivity index (χ0n) is 21.9. The molecule has 1 amide bonds. The van der Waals surface area contributed by atoms with Crippen LogP contribution in [0, 0.1) is 5.92 Å². The lowest BCUT2D eigenvalue weighted by molar-refractivity contribution is 0.0981. The molecule has 1 aliphatic carbocycles. The van der Waals surface area contributed by atoms with Crippen molar-refractivity contribution >= 4 is 43.1 Å². The first-order chi connectivity index (χ1) is 18.6. The number of rotatable bonds is 0. The van der Waals surface area contributed by atoms with E-state index >= 15 is 0 Å². The molecule has 212 valence electrons. The highest BCUT2D eigenvalue weighted by atomic mass is 35.5. The quantitative estimate of drug-likeness (QED) is 0.478. The van der Waals surface area contributed by atoms with Crippen LogP contribution in [0.5, 0.6) is 5.75 Å². The number of nitrogens with zero attached hydrogens (tertiary/aromatic N) is 1. The molecule has 2 aromatic carbocycles. The van der Waals surface area contributed by atoms with Crippen molar-refractivity contribution in [3.8, 4) is 5.75 Å². The molecule has 2 aromatic rings. The fourth-order valence-electron chi connectivity index (χ4n) is 5.76. The molecule has 0 aromatic heterocycles. The fraction of sp³-hybridized carbons (Fsp3) is 0.536. The number of carbonyl (C=O) groups excluding carboxylic acids is 1. The highest BCUT2D eigenvalue weighted by Crippen LogP contribution is 2.39. The third-order valence-corrected chi connectivity index (χ3v) is 12.0. The van der Waals surface area contributed by atoms with E-state index in [4.69, 9.17) is 16.3 Å². The van der Waals surface area contributed by atoms with E-state index < -0.39 is 31.0 Å². The number of sulfonamides is 1. The smallest absolute Gasteiger partial charge is 0.264 e. The van der Waals surface area contributed by atoms with Gasteiger partial charge in [0.1, 0.15) is 12.4 Å². The maximum Gasteiger partial charge on any atom is 0.264 e. The number of anilines is 1. The van der Waals surface area contributed by atoms with E-state index in [1.165, 1.54) is 0 Å². The van der Waals surface area contributed by atoms with Gasteiger partial charge >= 0.3 is 0 Å². The number of hydrogen-bond acceptors (Lipinski definition) is 7. The van der Waals surface area contributed by atoms with Gasteiger partial charge < -0.3 is 9.64 Å². The molecule has 2 heterocycles. The first-order valence-corrected chi connectivity index (χ1v) is 17.4. The molecule has 0 unspecified atom stereocenters. The zero-order chi connectivity index (χ0) is 27.6. The van der Waals surface area contributed by atoms with Gasteiger partial charge in [-0.15, -0.1) is 0 Å². The highest BCUT2D eigenvalue weighted by Gasteiger charge is 2.41. The molecule has 1 N–H and O–H groups in total. The molecule has 2 bridgehead atoms. The largest absolute Gasteiger partial charge is 0.487 e. The number of aryl methyl sites for hydroxylation is 1. The number of amides is 1. The summed E-state index contributed by atoms with van der Waals surface area (Å²) in [4.78, 5) is 15.1. The fourth-order valence-corrected chi connectivity index (χ4v) is 9.25. The summed E-state index contributed by atoms with van der Waals surface area (Å²) >= 11 is 6.26. The van der Waals surface area contributed by atoms with Gasteiger partial charge in [0.2, 0.25) is 10.0 Å². The Bertz CT molecular complexity index is 1440. The normalized spacial score (nSPS) is 25.5. The van der Waals surface area contributed by atoms with E-state index in [9.17, 15) is 21.6 Å². The van der Waals surface area contributed by atoms with Crippen LogP contribution in [0.3, 0.4) is 0 Å². The molecular formula is C28H35ClN2O6S2. The van der Waals surface area contributed by atoms with Crippen molar-refractivity contribution in [2.24, 2.45) is 5.92 Å². The maximum absolute atomic E-state index is 13.2. The third kappa shape index (κ3) is 6.72. The van der Waals surface area contributed by atoms with Crippen molar-refractivity contribution in [2.45, 2.75) is 63.2 Å². The molecule has 8 nitrogen and oxygen atoms in total. The minimum atomic E-state index is -3.85. The van der Waals surface area contributed by atoms with E-state index in [1.807, 2.05) is 18.2 Å². The van der Waals surface area contributed by atoms with E-state index in [2.05, 4.69) is 9.62 Å². The van der Waals surface area contributed by atoms with Crippen molar-refractivity contribution in [1.29, 1.82) is 0 Å². The third-order valence-electron chi connectivity index (χ3n) is 8.09. The highest BCUT2D eigenvalue weighted by molar-refractivity contribution is 7.92. The molecule has 0 spiro atoms. The Hall–Kier alpha value is -2.30. The Morgan fingerprint density at radius 1 is 0.897 bits per heavy atom. The predicted octanol–water partition coefficient (Wildman–Crippen LogP) is 4.50. The number of benzene rings is 2. The van der Waals surface area contributed by atoms with E-state index in [0.717, 1.165) is 36.8 Å². The molecule has 1 fully saturated rings. The molecule has 3 aliphatic rings. The average Bonchev–Trinajstić information content (AvgIpc) is 2.88. The van der Waals surface area contributed by atoms with Crippen LogP contribution in [0.2, 0.25) is 5.02 Å². The number of halogens is 1. The van der Waals surface area contributed by atoms with Crippen molar-refractivity contribution in [1.82, 2.24) is 4.72 Å². The molecule has 11 heteroatoms. The van der Waals surface area contributed by atoms with Crippen molar-refractivity contribution in [2.75, 3.05) is 29.5 Å². The Morgan fingerprint density at radius 2 is 1.72 bits per heavy atom. The van der Waals surface area contributed by atoms with Gasteiger partial charge in [0.15, 0.2) is 9.84 Å². The Morgan fingerprint density at radius 3 is 2.51 bits per heavy atom. The maximum atomic E-state index is 13.2. The van der Waals surface area contributed by atoms with Gasteiger partial charge in [-0.1, -0.05) is 24.1 Å². The van der Waals surface area contributed by atoms with Gasteiger partial charge in [0.05, 0.1) is 22.4 Å². The summed E-state index contributed by atoms with van der Waals surface area (Å²) in [7, 11) is -7.13. The number of ether oxygens (including phenoxy) is 1. The monoisotopic (exact) mass is 594 g/mol. The van der Waals surface area contributed by atoms with Crippen LogP contribution in [0.25, 0.3) is 0 Å². The Labute approximate surface area is 236 Å². The van der Waals surface area contributed by atoms with Crippen molar-refractivity contribution in [3.05, 3.63) is 58.1 Å². The van der Waals surface area contributed by atoms with Gasteiger partial charge in [-0.2, -0.15) is 0 Å². The van der Waals surface area contributed by atoms with Crippen LogP contribution in [-0.4, -0.2) is 52.6 Å². The molecule has 2 atom stereocenters. The topological polar surface area (TPSA) is 110 Å². The van der Waals surface area contributed by atoms with Gasteiger partial charge in [-0.05, 0) is 92.3 Å². The lowest BCUT2D eigenvalue weighted by atomic mass is 9.84. The first kappa shape index (κ1) is 28.2. The molecule has 5 rings (SSSR count). The van der Waals surface area contributed by atoms with Crippen molar-refractivity contribution < 1.29 is 26.4 Å². The van der Waals surface area contributed by atoms with E-state index in [-0.39, 0.29) is 23.0 Å². The van der Waals surface area contributed by atoms with Gasteiger partial charge in [0, 0.05) is 23.7 Å². The van der Waals surface area contributed by atoms with Crippen molar-refractivity contribution in [3.63, 3.8) is 0 Å². The molecule has 39 heavy (non-hydrogen) atoms. The van der Waals surface area contributed by atoms with Crippen LogP contribution < -0.4 is 14.4 Å². The lowest BCUT2D eigenvalue weighted by Gasteiger charge is -2.40. The van der Waals surface area contributed by atoms with Gasteiger partial charge in [0.25, 0.3) is 5.91 Å². The number of hydrogen-bond donors (Lipinski definition) is 1. The second kappa shape index (κ2) is 11.7. The van der Waals surface area contributed by atoms with Gasteiger partial charge in [-0.3, -0.25) is 4.79 Å². The summed E-state index contributed by atoms with van der Waals surface area (Å²) < 4.78 is 60.0. The first-order valence-electron chi connectivity index (χ1n) is 13.7. The van der Waals surface area contributed by atoms with Crippen LogP contribution in [0.15, 0.2) is 36.4 Å². The second-order valence-electron chi connectivity index (χ2n) is 10.8. The molecule has 0 saturated heterocycles. The summed E-state index contributed by atoms with van der Waals surface area (Å²) in [5, 5.41) is 0.284. The molecule has 2 aliphatic heterocycles. The molecule has 1 saturated carbocycles. The lowest BCUT2D eigenvalue weighted by Crippen LogP contribution is -2.46. The number of carbonyl (C=O) groups is 1. The number of sulfone groups is 1. The molecule has 0 radical (unpaired) electrons. The van der Waals surface area contributed by atoms with Crippen LogP contribution in [0.4, 0.5) is 5.69 Å². The standard InChI is InChI=1S/C28H35ClN2O6S2/c29-24-10-7-23-19-37-26-11-8-21-17-25(26)31(13-3-2-6-20(23)16-24)18-22-9-12-27(22)38(33,34)14-4-1-5-15-39(35,36)30-28(21)32/h7-8,10-11,16-17,22,27H,1-6,9,12-15,18-19H2,(H,30,32)/t22-,27-/m1/s1. The zero-order valence-corrected chi connectivity index (χ0v) is 24.3. The summed E-state index contributed by atoms with van der Waals surface area (Å²) in [6.07, 6.45) is 5.27. The number of fused-ring (bicyclic) bond motifs is 3. The van der Waals surface area contributed by atoms with E-state index in [0.29, 0.717) is 61.8 Å². The molecular weight excluding hydrogens is 560 g/mol. The van der Waals surface area contributed by atoms with Crippen LogP contribution in [-0.2, 0) is 32.9 Å². The minimum absolute atomic E-state index is 0.00486. The van der Waals surface area contributed by atoms with Crippen LogP contribution >= 0.6 is 11.6 Å². The second-order valence-corrected chi connectivity index (χ2v) is 15.5. The Kier molecular flexibility index (Phi) is 8.45. The van der Waals surface area contributed by atoms with Crippen LogP contribution in [0.1, 0.15) is 66.4 Å². The predicted molar refractivity (Wildman–Crippen MR) is 153 cm³/mol. The number of nitrogens with one attached hydrogen (secondary N) is 1. The average molecular weight is 595 g/mol. The summed E-state index contributed by atoms with van der Waals surface area (Å²) in [5.74, 6) is -0.283. The Balaban J connectivity index is 1.53. The summed E-state index contributed by atoms with van der Waals surface area (Å²) in [5.41, 5.74) is 3.06. The SMILES string of the molecule is O=C1NS(=O)(=O)CCCCCS(=O)(=O)[C@@H]2CC[C@@H]2CN2CCCCc3cc(Cl)ccc3COc3ccc1cc32. The minimum Gasteiger partial charge on any atom is -0.487 e. The summed E-state index contributed by atoms with van der Waals surface area (Å²) in [6, 6.07) is 10.7. The van der Waals surface area contributed by atoms with E-state index in [1.54, 1.807) is 18.2 Å². The van der Waals surface area contributed by atoms with Gasteiger partial charge in [-0.25, -0.2) is 21.6 Å². The summed E-state index contributed by atoms with van der Waals surface area (Å²) in [6.45, 7) is 1.50.